The summed E-state index contributed by atoms with van der Waals surface area (Å²) >= 11 is 0. The first kappa shape index (κ1) is 22.3. The second-order valence-electron chi connectivity index (χ2n) is 7.49. The zero-order valence-electron chi connectivity index (χ0n) is 17.9. The molecule has 0 aliphatic heterocycles. The number of hydrogen-bond donors (Lipinski definition) is 0. The van der Waals surface area contributed by atoms with Gasteiger partial charge in [-0.25, -0.2) is 0 Å². The van der Waals surface area contributed by atoms with Crippen molar-refractivity contribution >= 4 is 0 Å². The molecule has 0 aliphatic carbocycles. The van der Waals surface area contributed by atoms with Crippen LogP contribution in [-0.4, -0.2) is 39.1 Å². The molecule has 0 radical (unpaired) electrons. The van der Waals surface area contributed by atoms with Crippen molar-refractivity contribution in [1.29, 1.82) is 0 Å². The Morgan fingerprint density at radius 3 is 1.61 bits per heavy atom. The molecule has 0 spiro atoms. The maximum absolute atomic E-state index is 5.75. The monoisotopic (exact) mass is 386 g/mol. The van der Waals surface area contributed by atoms with Crippen molar-refractivity contribution in [2.45, 2.75) is 46.1 Å². The van der Waals surface area contributed by atoms with Crippen LogP contribution in [0.4, 0.5) is 0 Å². The van der Waals surface area contributed by atoms with Gasteiger partial charge in [0.1, 0.15) is 24.7 Å². The maximum atomic E-state index is 5.75. The van der Waals surface area contributed by atoms with Gasteiger partial charge in [-0.1, -0.05) is 38.1 Å². The number of ether oxygens (including phenoxy) is 4. The summed E-state index contributed by atoms with van der Waals surface area (Å²) in [5.74, 6) is 1.73. The lowest BCUT2D eigenvalue weighted by Crippen LogP contribution is -2.19. The predicted molar refractivity (Wildman–Crippen MR) is 114 cm³/mol. The van der Waals surface area contributed by atoms with E-state index in [2.05, 4.69) is 38.1 Å². The normalized spacial score (nSPS) is 11.6. The van der Waals surface area contributed by atoms with E-state index in [1.807, 2.05) is 45.0 Å². The molecule has 0 amide bonds. The molecule has 2 rings (SSSR count). The number of benzene rings is 2. The van der Waals surface area contributed by atoms with Gasteiger partial charge in [-0.15, -0.1) is 0 Å². The fraction of sp³-hybridized carbons (Fsp3) is 0.500. The number of hydrogen-bond acceptors (Lipinski definition) is 4. The van der Waals surface area contributed by atoms with E-state index in [4.69, 9.17) is 18.9 Å². The van der Waals surface area contributed by atoms with Gasteiger partial charge in [-0.05, 0) is 56.2 Å². The fourth-order valence-corrected chi connectivity index (χ4v) is 2.91. The van der Waals surface area contributed by atoms with Crippen molar-refractivity contribution in [3.63, 3.8) is 0 Å². The van der Waals surface area contributed by atoms with Gasteiger partial charge in [0, 0.05) is 12.0 Å². The molecular weight excluding hydrogens is 352 g/mol. The summed E-state index contributed by atoms with van der Waals surface area (Å²) in [4.78, 5) is 0. The minimum Gasteiger partial charge on any atom is -0.491 e. The summed E-state index contributed by atoms with van der Waals surface area (Å²) in [7, 11) is 0. The van der Waals surface area contributed by atoms with E-state index in [9.17, 15) is 0 Å². The Kier molecular flexibility index (Phi) is 8.81. The van der Waals surface area contributed by atoms with Crippen LogP contribution in [0.2, 0.25) is 0 Å². The van der Waals surface area contributed by atoms with Crippen molar-refractivity contribution in [2.75, 3.05) is 33.0 Å². The summed E-state index contributed by atoms with van der Waals surface area (Å²) in [6.45, 7) is 13.5. The second kappa shape index (κ2) is 11.1. The Balaban J connectivity index is 1.93. The second-order valence-corrected chi connectivity index (χ2v) is 7.49. The van der Waals surface area contributed by atoms with E-state index < -0.39 is 0 Å². The highest BCUT2D eigenvalue weighted by Crippen LogP contribution is 2.33. The summed E-state index contributed by atoms with van der Waals surface area (Å²) in [6.07, 6.45) is 0.230. The smallest absolute Gasteiger partial charge is 0.119 e. The molecule has 0 atom stereocenters. The summed E-state index contributed by atoms with van der Waals surface area (Å²) in [5.41, 5.74) is 2.37. The molecule has 0 bridgehead atoms. The molecule has 0 aliphatic rings. The highest BCUT2D eigenvalue weighted by molar-refractivity contribution is 5.41. The third kappa shape index (κ3) is 6.84. The van der Waals surface area contributed by atoms with Crippen LogP contribution in [0.3, 0.4) is 0 Å². The van der Waals surface area contributed by atoms with Gasteiger partial charge in [0.25, 0.3) is 0 Å². The Morgan fingerprint density at radius 1 is 0.714 bits per heavy atom. The first-order chi connectivity index (χ1) is 13.4. The minimum absolute atomic E-state index is 0.108. The van der Waals surface area contributed by atoms with Crippen molar-refractivity contribution in [1.82, 2.24) is 0 Å². The van der Waals surface area contributed by atoms with E-state index in [1.54, 1.807) is 0 Å². The first-order valence-electron chi connectivity index (χ1n) is 10.1. The van der Waals surface area contributed by atoms with Crippen molar-refractivity contribution in [3.05, 3.63) is 59.7 Å². The zero-order valence-corrected chi connectivity index (χ0v) is 17.9. The molecule has 4 heteroatoms. The van der Waals surface area contributed by atoms with E-state index in [1.165, 1.54) is 11.1 Å². The maximum Gasteiger partial charge on any atom is 0.119 e. The molecule has 0 heterocycles. The van der Waals surface area contributed by atoms with Gasteiger partial charge in [-0.2, -0.15) is 0 Å². The van der Waals surface area contributed by atoms with E-state index >= 15 is 0 Å². The van der Waals surface area contributed by atoms with Crippen LogP contribution >= 0.6 is 0 Å². The Morgan fingerprint density at radius 2 is 1.18 bits per heavy atom. The fourth-order valence-electron chi connectivity index (χ4n) is 2.91. The van der Waals surface area contributed by atoms with Gasteiger partial charge in [-0.3, -0.25) is 0 Å². The van der Waals surface area contributed by atoms with Gasteiger partial charge in [0.05, 0.1) is 19.3 Å². The molecule has 0 saturated carbocycles. The van der Waals surface area contributed by atoms with Crippen LogP contribution < -0.4 is 9.47 Å². The van der Waals surface area contributed by atoms with Gasteiger partial charge in [0.2, 0.25) is 0 Å². The molecule has 2 aromatic carbocycles. The van der Waals surface area contributed by atoms with E-state index in [-0.39, 0.29) is 11.5 Å². The molecule has 2 aromatic rings. The lowest BCUT2D eigenvalue weighted by atomic mass is 9.78. The molecule has 0 N–H and O–H groups in total. The third-order valence-electron chi connectivity index (χ3n) is 4.66. The third-order valence-corrected chi connectivity index (χ3v) is 4.66. The van der Waals surface area contributed by atoms with E-state index in [0.717, 1.165) is 11.5 Å². The van der Waals surface area contributed by atoms with Gasteiger partial charge in [0.15, 0.2) is 0 Å². The average molecular weight is 387 g/mol. The minimum atomic E-state index is -0.108. The predicted octanol–water partition coefficient (Wildman–Crippen LogP) is 5.23. The van der Waals surface area contributed by atoms with Crippen LogP contribution in [0.25, 0.3) is 0 Å². The van der Waals surface area contributed by atoms with Crippen LogP contribution in [0.15, 0.2) is 48.5 Å². The largest absolute Gasteiger partial charge is 0.491 e. The van der Waals surface area contributed by atoms with Crippen molar-refractivity contribution < 1.29 is 18.9 Å². The molecule has 0 fully saturated rings. The van der Waals surface area contributed by atoms with Crippen molar-refractivity contribution in [2.24, 2.45) is 0 Å². The lowest BCUT2D eigenvalue weighted by Gasteiger charge is -2.26. The van der Waals surface area contributed by atoms with Crippen LogP contribution in [0, 0.1) is 0 Å². The quantitative estimate of drug-likeness (QED) is 0.468. The SMILES string of the molecule is CCOCCOc1ccc(C(C)(C)c2ccc(OCCOC(C)C)cc2)cc1. The molecular formula is C24H34O4. The Bertz CT molecular complexity index is 675. The Labute approximate surface area is 169 Å². The van der Waals surface area contributed by atoms with Gasteiger partial charge < -0.3 is 18.9 Å². The lowest BCUT2D eigenvalue weighted by molar-refractivity contribution is 0.0552. The average Bonchev–Trinajstić information content (AvgIpc) is 2.69. The first-order valence-corrected chi connectivity index (χ1v) is 10.1. The van der Waals surface area contributed by atoms with Crippen LogP contribution in [0.1, 0.15) is 45.7 Å². The summed E-state index contributed by atoms with van der Waals surface area (Å²) in [6, 6.07) is 16.6. The molecule has 4 nitrogen and oxygen atoms in total. The van der Waals surface area contributed by atoms with E-state index in [0.29, 0.717) is 33.0 Å². The number of rotatable bonds is 12. The highest BCUT2D eigenvalue weighted by Gasteiger charge is 2.23. The van der Waals surface area contributed by atoms with Crippen molar-refractivity contribution in [3.8, 4) is 11.5 Å². The highest BCUT2D eigenvalue weighted by atomic mass is 16.5. The summed E-state index contributed by atoms with van der Waals surface area (Å²) < 4.78 is 22.3. The standard InChI is InChI=1S/C24H34O4/c1-6-25-15-16-27-22-11-7-20(8-12-22)24(4,5)21-9-13-23(14-10-21)28-18-17-26-19(2)3/h7-14,19H,6,15-18H2,1-5H3. The molecule has 0 saturated heterocycles. The zero-order chi connectivity index (χ0) is 20.4. The van der Waals surface area contributed by atoms with Gasteiger partial charge >= 0.3 is 0 Å². The molecule has 28 heavy (non-hydrogen) atoms. The molecule has 0 unspecified atom stereocenters. The van der Waals surface area contributed by atoms with Crippen LogP contribution in [-0.2, 0) is 14.9 Å². The molecule has 154 valence electrons. The van der Waals surface area contributed by atoms with Crippen LogP contribution in [0.5, 0.6) is 11.5 Å². The topological polar surface area (TPSA) is 36.9 Å². The Hall–Kier alpha value is -2.04. The summed E-state index contributed by atoms with van der Waals surface area (Å²) in [5, 5.41) is 0. The molecule has 0 aromatic heterocycles.